The predicted molar refractivity (Wildman–Crippen MR) is 83.2 cm³/mol. The van der Waals surface area contributed by atoms with Gasteiger partial charge in [0.1, 0.15) is 5.82 Å². The lowest BCUT2D eigenvalue weighted by Gasteiger charge is -2.09. The van der Waals surface area contributed by atoms with Gasteiger partial charge >= 0.3 is 6.03 Å². The molecule has 3 amide bonds. The molecule has 0 aliphatic heterocycles. The number of hydrogen-bond donors (Lipinski definition) is 3. The van der Waals surface area contributed by atoms with Crippen LogP contribution in [-0.4, -0.2) is 18.5 Å². The number of carbonyl (C=O) groups is 2. The summed E-state index contributed by atoms with van der Waals surface area (Å²) in [7, 11) is 0. The van der Waals surface area contributed by atoms with Crippen LogP contribution in [-0.2, 0) is 4.79 Å². The SMILES string of the molecule is Cc1ccc(NC(=O)CNC(=O)Nc2ccccc2)cc1F. The third kappa shape index (κ3) is 4.59. The number of amides is 3. The highest BCUT2D eigenvalue weighted by Crippen LogP contribution is 2.13. The number of benzene rings is 2. The van der Waals surface area contributed by atoms with Crippen LogP contribution in [0.25, 0.3) is 0 Å². The number of urea groups is 1. The van der Waals surface area contributed by atoms with Crippen molar-refractivity contribution in [3.63, 3.8) is 0 Å². The summed E-state index contributed by atoms with van der Waals surface area (Å²) in [6.07, 6.45) is 0. The van der Waals surface area contributed by atoms with Crippen LogP contribution < -0.4 is 16.0 Å². The Morgan fingerprint density at radius 2 is 1.73 bits per heavy atom. The van der Waals surface area contributed by atoms with E-state index in [0.717, 1.165) is 0 Å². The second-order valence-electron chi connectivity index (χ2n) is 4.69. The van der Waals surface area contributed by atoms with E-state index in [1.165, 1.54) is 6.07 Å². The molecule has 22 heavy (non-hydrogen) atoms. The Kier molecular flexibility index (Phi) is 5.08. The maximum atomic E-state index is 13.4. The fraction of sp³-hybridized carbons (Fsp3) is 0.125. The molecule has 0 spiro atoms. The van der Waals surface area contributed by atoms with Gasteiger partial charge in [-0.25, -0.2) is 9.18 Å². The van der Waals surface area contributed by atoms with Gasteiger partial charge < -0.3 is 16.0 Å². The average molecular weight is 301 g/mol. The normalized spacial score (nSPS) is 9.91. The van der Waals surface area contributed by atoms with E-state index < -0.39 is 17.8 Å². The van der Waals surface area contributed by atoms with Crippen molar-refractivity contribution in [3.8, 4) is 0 Å². The van der Waals surface area contributed by atoms with E-state index in [0.29, 0.717) is 16.9 Å². The van der Waals surface area contributed by atoms with Crippen molar-refractivity contribution >= 4 is 23.3 Å². The molecule has 2 aromatic rings. The minimum Gasteiger partial charge on any atom is -0.329 e. The van der Waals surface area contributed by atoms with Gasteiger partial charge in [-0.1, -0.05) is 24.3 Å². The minimum atomic E-state index is -0.489. The maximum absolute atomic E-state index is 13.4. The number of carbonyl (C=O) groups excluding carboxylic acids is 2. The Bertz CT molecular complexity index is 674. The molecule has 0 bridgehead atoms. The molecular formula is C16H16FN3O2. The topological polar surface area (TPSA) is 70.2 Å². The highest BCUT2D eigenvalue weighted by Gasteiger charge is 2.07. The summed E-state index contributed by atoms with van der Waals surface area (Å²) in [4.78, 5) is 23.3. The average Bonchev–Trinajstić information content (AvgIpc) is 2.50. The van der Waals surface area contributed by atoms with Crippen molar-refractivity contribution in [1.82, 2.24) is 5.32 Å². The summed E-state index contributed by atoms with van der Waals surface area (Å²) in [6, 6.07) is 12.8. The van der Waals surface area contributed by atoms with E-state index in [-0.39, 0.29) is 6.54 Å². The molecule has 0 aliphatic carbocycles. The molecule has 2 rings (SSSR count). The summed E-state index contributed by atoms with van der Waals surface area (Å²) < 4.78 is 13.4. The van der Waals surface area contributed by atoms with E-state index >= 15 is 0 Å². The molecule has 0 saturated heterocycles. The van der Waals surface area contributed by atoms with Gasteiger partial charge in [-0.05, 0) is 36.8 Å². The second-order valence-corrected chi connectivity index (χ2v) is 4.69. The number of nitrogens with one attached hydrogen (secondary N) is 3. The van der Waals surface area contributed by atoms with Gasteiger partial charge in [-0.2, -0.15) is 0 Å². The number of halogens is 1. The van der Waals surface area contributed by atoms with Gasteiger partial charge in [0.25, 0.3) is 0 Å². The van der Waals surface area contributed by atoms with Gasteiger partial charge in [-0.15, -0.1) is 0 Å². The first kappa shape index (κ1) is 15.5. The van der Waals surface area contributed by atoms with Crippen molar-refractivity contribution in [3.05, 3.63) is 59.9 Å². The summed E-state index contributed by atoms with van der Waals surface area (Å²) in [6.45, 7) is 1.42. The predicted octanol–water partition coefficient (Wildman–Crippen LogP) is 2.89. The van der Waals surface area contributed by atoms with E-state index in [4.69, 9.17) is 0 Å². The summed E-state index contributed by atoms with van der Waals surface area (Å²) >= 11 is 0. The van der Waals surface area contributed by atoms with E-state index in [9.17, 15) is 14.0 Å². The first-order valence-corrected chi connectivity index (χ1v) is 6.70. The molecule has 0 radical (unpaired) electrons. The molecule has 0 unspecified atom stereocenters. The smallest absolute Gasteiger partial charge is 0.319 e. The van der Waals surface area contributed by atoms with Crippen molar-refractivity contribution in [2.24, 2.45) is 0 Å². The number of hydrogen-bond acceptors (Lipinski definition) is 2. The highest BCUT2D eigenvalue weighted by atomic mass is 19.1. The van der Waals surface area contributed by atoms with Crippen molar-refractivity contribution in [1.29, 1.82) is 0 Å². The fourth-order valence-electron chi connectivity index (χ4n) is 1.73. The molecule has 0 aromatic heterocycles. The Hall–Kier alpha value is -2.89. The van der Waals surface area contributed by atoms with Crippen LogP contribution in [0.1, 0.15) is 5.56 Å². The number of para-hydroxylation sites is 1. The zero-order chi connectivity index (χ0) is 15.9. The third-order valence-corrected chi connectivity index (χ3v) is 2.90. The number of rotatable bonds is 4. The molecule has 0 atom stereocenters. The second kappa shape index (κ2) is 7.21. The zero-order valence-electron chi connectivity index (χ0n) is 12.0. The van der Waals surface area contributed by atoms with Crippen molar-refractivity contribution in [2.75, 3.05) is 17.2 Å². The standard InChI is InChI=1S/C16H16FN3O2/c1-11-7-8-13(9-14(11)17)19-15(21)10-18-16(22)20-12-5-3-2-4-6-12/h2-9H,10H2,1H3,(H,19,21)(H2,18,20,22). The minimum absolute atomic E-state index is 0.214. The maximum Gasteiger partial charge on any atom is 0.319 e. The quantitative estimate of drug-likeness (QED) is 0.812. The zero-order valence-corrected chi connectivity index (χ0v) is 12.0. The Morgan fingerprint density at radius 1 is 1.00 bits per heavy atom. The molecule has 0 fully saturated rings. The van der Waals surface area contributed by atoms with Gasteiger partial charge in [0.15, 0.2) is 0 Å². The third-order valence-electron chi connectivity index (χ3n) is 2.90. The molecule has 0 saturated carbocycles. The summed E-state index contributed by atoms with van der Waals surface area (Å²) in [5.41, 5.74) is 1.47. The van der Waals surface area contributed by atoms with E-state index in [1.54, 1.807) is 43.3 Å². The first-order valence-electron chi connectivity index (χ1n) is 6.70. The molecular weight excluding hydrogens is 285 g/mol. The van der Waals surface area contributed by atoms with E-state index in [2.05, 4.69) is 16.0 Å². The summed E-state index contributed by atoms with van der Waals surface area (Å²) in [5, 5.41) is 7.52. The van der Waals surface area contributed by atoms with Crippen LogP contribution in [0, 0.1) is 12.7 Å². The Morgan fingerprint density at radius 3 is 2.41 bits per heavy atom. The molecule has 5 nitrogen and oxygen atoms in total. The lowest BCUT2D eigenvalue weighted by molar-refractivity contribution is -0.115. The Labute approximate surface area is 127 Å². The van der Waals surface area contributed by atoms with Gasteiger partial charge in [-0.3, -0.25) is 4.79 Å². The molecule has 6 heteroatoms. The molecule has 2 aromatic carbocycles. The molecule has 3 N–H and O–H groups in total. The largest absolute Gasteiger partial charge is 0.329 e. The van der Waals surface area contributed by atoms with Crippen LogP contribution in [0.2, 0.25) is 0 Å². The number of aryl methyl sites for hydroxylation is 1. The van der Waals surface area contributed by atoms with Crippen molar-refractivity contribution < 1.29 is 14.0 Å². The fourth-order valence-corrected chi connectivity index (χ4v) is 1.73. The molecule has 114 valence electrons. The van der Waals surface area contributed by atoms with Gasteiger partial charge in [0.2, 0.25) is 5.91 Å². The van der Waals surface area contributed by atoms with Crippen LogP contribution in [0.3, 0.4) is 0 Å². The summed E-state index contributed by atoms with van der Waals surface area (Å²) in [5.74, 6) is -0.834. The van der Waals surface area contributed by atoms with Crippen LogP contribution in [0.5, 0.6) is 0 Å². The Balaban J connectivity index is 1.80. The number of anilines is 2. The lowest BCUT2D eigenvalue weighted by Crippen LogP contribution is -2.35. The van der Waals surface area contributed by atoms with Gasteiger partial charge in [0, 0.05) is 11.4 Å². The molecule has 0 heterocycles. The molecule has 0 aliphatic rings. The lowest BCUT2D eigenvalue weighted by atomic mass is 10.2. The highest BCUT2D eigenvalue weighted by molar-refractivity contribution is 5.96. The van der Waals surface area contributed by atoms with Crippen molar-refractivity contribution in [2.45, 2.75) is 6.92 Å². The first-order chi connectivity index (χ1) is 10.5. The monoisotopic (exact) mass is 301 g/mol. The van der Waals surface area contributed by atoms with Crippen LogP contribution in [0.4, 0.5) is 20.6 Å². The van der Waals surface area contributed by atoms with Crippen LogP contribution in [0.15, 0.2) is 48.5 Å². The van der Waals surface area contributed by atoms with Gasteiger partial charge in [0.05, 0.1) is 6.54 Å². The van der Waals surface area contributed by atoms with E-state index in [1.807, 2.05) is 6.07 Å². The van der Waals surface area contributed by atoms with Crippen LogP contribution >= 0.6 is 0 Å².